The van der Waals surface area contributed by atoms with E-state index in [2.05, 4.69) is 10.3 Å². The molecule has 0 fully saturated rings. The van der Waals surface area contributed by atoms with Crippen molar-refractivity contribution in [1.29, 1.82) is 0 Å². The monoisotopic (exact) mass is 296 g/mol. The quantitative estimate of drug-likeness (QED) is 0.898. The largest absolute Gasteiger partial charge is 0.306 e. The molecule has 0 bridgehead atoms. The van der Waals surface area contributed by atoms with E-state index in [9.17, 15) is 8.78 Å². The Hall–Kier alpha value is -1.52. The Morgan fingerprint density at radius 2 is 2.10 bits per heavy atom. The molecule has 0 spiro atoms. The normalized spacial score (nSPS) is 12.4. The molecule has 1 aromatic carbocycles. The molecule has 2 aromatic rings. The number of halogens is 3. The molecule has 1 N–H and O–H groups in total. The first kappa shape index (κ1) is 14.9. The maximum Gasteiger partial charge on any atom is 0.141 e. The van der Waals surface area contributed by atoms with Crippen molar-refractivity contribution in [3.63, 3.8) is 0 Å². The van der Waals surface area contributed by atoms with Crippen molar-refractivity contribution in [3.05, 3.63) is 64.4 Å². The number of hydrogen-bond donors (Lipinski definition) is 1. The Morgan fingerprint density at radius 3 is 2.75 bits per heavy atom. The highest BCUT2D eigenvalue weighted by molar-refractivity contribution is 6.31. The lowest BCUT2D eigenvalue weighted by molar-refractivity contribution is 0.541. The highest BCUT2D eigenvalue weighted by Crippen LogP contribution is 2.30. The molecule has 1 atom stereocenters. The molecule has 106 valence electrons. The summed E-state index contributed by atoms with van der Waals surface area (Å²) in [4.78, 5) is 3.82. The summed E-state index contributed by atoms with van der Waals surface area (Å²) >= 11 is 6.10. The molecule has 0 aliphatic rings. The van der Waals surface area contributed by atoms with Crippen molar-refractivity contribution in [1.82, 2.24) is 10.3 Å². The minimum atomic E-state index is -0.521. The van der Waals surface area contributed by atoms with Gasteiger partial charge in [-0.1, -0.05) is 24.6 Å². The van der Waals surface area contributed by atoms with E-state index in [-0.39, 0.29) is 0 Å². The average molecular weight is 297 g/mol. The van der Waals surface area contributed by atoms with Gasteiger partial charge in [-0.3, -0.25) is 4.98 Å². The van der Waals surface area contributed by atoms with E-state index in [0.717, 1.165) is 12.6 Å². The zero-order chi connectivity index (χ0) is 14.5. The highest BCUT2D eigenvalue weighted by Gasteiger charge is 2.21. The molecule has 0 aliphatic carbocycles. The molecule has 1 unspecified atom stereocenters. The van der Waals surface area contributed by atoms with E-state index in [1.165, 1.54) is 18.3 Å². The summed E-state index contributed by atoms with van der Waals surface area (Å²) in [6.07, 6.45) is 3.49. The second kappa shape index (κ2) is 6.77. The predicted octanol–water partition coefficient (Wildman–Crippen LogP) is 4.10. The number of hydrogen-bond acceptors (Lipinski definition) is 2. The van der Waals surface area contributed by atoms with Gasteiger partial charge >= 0.3 is 0 Å². The number of nitrogens with zero attached hydrogens (tertiary/aromatic N) is 1. The Kier molecular flexibility index (Phi) is 5.04. The van der Waals surface area contributed by atoms with Crippen LogP contribution in [0.4, 0.5) is 8.78 Å². The van der Waals surface area contributed by atoms with Gasteiger partial charge in [0.15, 0.2) is 0 Å². The van der Waals surface area contributed by atoms with Crippen LogP contribution in [0.5, 0.6) is 0 Å². The second-order valence-corrected chi connectivity index (χ2v) is 4.87. The van der Waals surface area contributed by atoms with Gasteiger partial charge in [-0.15, -0.1) is 0 Å². The lowest BCUT2D eigenvalue weighted by Gasteiger charge is -2.21. The minimum Gasteiger partial charge on any atom is -0.306 e. The van der Waals surface area contributed by atoms with Crippen LogP contribution in [0.3, 0.4) is 0 Å². The van der Waals surface area contributed by atoms with Gasteiger partial charge in [0, 0.05) is 16.8 Å². The second-order valence-electron chi connectivity index (χ2n) is 4.46. The number of pyridine rings is 1. The first-order valence-corrected chi connectivity index (χ1v) is 6.79. The molecule has 1 aromatic heterocycles. The minimum absolute atomic E-state index is 0.308. The number of nitrogens with one attached hydrogen (secondary N) is 1. The molecular formula is C15H15ClF2N2. The fourth-order valence-corrected chi connectivity index (χ4v) is 2.32. The number of benzene rings is 1. The van der Waals surface area contributed by atoms with Crippen molar-refractivity contribution < 1.29 is 8.78 Å². The third kappa shape index (κ3) is 3.32. The van der Waals surface area contributed by atoms with Crippen LogP contribution in [0.15, 0.2) is 36.7 Å². The van der Waals surface area contributed by atoms with Crippen LogP contribution in [0.1, 0.15) is 30.5 Å². The van der Waals surface area contributed by atoms with Gasteiger partial charge in [0.1, 0.15) is 11.6 Å². The average Bonchev–Trinajstić information content (AvgIpc) is 2.42. The van der Waals surface area contributed by atoms with Gasteiger partial charge < -0.3 is 5.32 Å². The summed E-state index contributed by atoms with van der Waals surface area (Å²) in [5.74, 6) is -0.881. The van der Waals surface area contributed by atoms with Crippen molar-refractivity contribution in [3.8, 4) is 0 Å². The first-order valence-electron chi connectivity index (χ1n) is 6.41. The maximum absolute atomic E-state index is 14.1. The summed E-state index contributed by atoms with van der Waals surface area (Å²) in [6, 6.07) is 5.32. The predicted molar refractivity (Wildman–Crippen MR) is 75.7 cm³/mol. The SMILES string of the molecule is CCCNC(c1cncc(F)c1)c1c(F)cccc1Cl. The van der Waals surface area contributed by atoms with Crippen LogP contribution in [0.2, 0.25) is 5.02 Å². The zero-order valence-electron chi connectivity index (χ0n) is 11.0. The Labute approximate surface area is 121 Å². The van der Waals surface area contributed by atoms with E-state index in [0.29, 0.717) is 22.7 Å². The third-order valence-corrected chi connectivity index (χ3v) is 3.28. The Bertz CT molecular complexity index is 570. The standard InChI is InChI=1S/C15H15ClF2N2/c1-2-6-20-15(10-7-11(17)9-19-8-10)14-12(16)4-3-5-13(14)18/h3-5,7-9,15,20H,2,6H2,1H3. The maximum atomic E-state index is 14.1. The van der Waals surface area contributed by atoms with Gasteiger partial charge in [0.2, 0.25) is 0 Å². The molecule has 0 aliphatic heterocycles. The van der Waals surface area contributed by atoms with Gasteiger partial charge in [0.05, 0.1) is 12.2 Å². The molecule has 0 saturated carbocycles. The van der Waals surface area contributed by atoms with Crippen LogP contribution in [-0.4, -0.2) is 11.5 Å². The Balaban J connectivity index is 2.47. The molecule has 5 heteroatoms. The number of rotatable bonds is 5. The van der Waals surface area contributed by atoms with Crippen molar-refractivity contribution in [2.75, 3.05) is 6.54 Å². The zero-order valence-corrected chi connectivity index (χ0v) is 11.8. The fraction of sp³-hybridized carbons (Fsp3) is 0.267. The molecule has 2 nitrogen and oxygen atoms in total. The molecule has 0 radical (unpaired) electrons. The lowest BCUT2D eigenvalue weighted by Crippen LogP contribution is -2.24. The van der Waals surface area contributed by atoms with E-state index in [4.69, 9.17) is 11.6 Å². The fourth-order valence-electron chi connectivity index (χ4n) is 2.05. The van der Waals surface area contributed by atoms with E-state index in [1.807, 2.05) is 6.92 Å². The van der Waals surface area contributed by atoms with Gasteiger partial charge in [-0.05, 0) is 36.7 Å². The summed E-state index contributed by atoms with van der Waals surface area (Å²) in [5.41, 5.74) is 0.862. The van der Waals surface area contributed by atoms with Crippen LogP contribution < -0.4 is 5.32 Å². The van der Waals surface area contributed by atoms with Crippen LogP contribution in [0, 0.1) is 11.6 Å². The number of aromatic nitrogens is 1. The molecular weight excluding hydrogens is 282 g/mol. The van der Waals surface area contributed by atoms with Crippen molar-refractivity contribution >= 4 is 11.6 Å². The van der Waals surface area contributed by atoms with Crippen LogP contribution in [0.25, 0.3) is 0 Å². The first-order chi connectivity index (χ1) is 9.63. The van der Waals surface area contributed by atoms with Gasteiger partial charge in [-0.25, -0.2) is 8.78 Å². The third-order valence-electron chi connectivity index (χ3n) is 2.95. The lowest BCUT2D eigenvalue weighted by atomic mass is 9.99. The molecule has 0 amide bonds. The van der Waals surface area contributed by atoms with Crippen molar-refractivity contribution in [2.24, 2.45) is 0 Å². The van der Waals surface area contributed by atoms with Crippen molar-refractivity contribution in [2.45, 2.75) is 19.4 Å². The van der Waals surface area contributed by atoms with E-state index < -0.39 is 17.7 Å². The highest BCUT2D eigenvalue weighted by atomic mass is 35.5. The topological polar surface area (TPSA) is 24.9 Å². The van der Waals surface area contributed by atoms with Crippen LogP contribution in [-0.2, 0) is 0 Å². The molecule has 20 heavy (non-hydrogen) atoms. The molecule has 1 heterocycles. The summed E-state index contributed by atoms with van der Waals surface area (Å²) in [7, 11) is 0. The summed E-state index contributed by atoms with van der Waals surface area (Å²) in [6.45, 7) is 2.66. The van der Waals surface area contributed by atoms with E-state index in [1.54, 1.807) is 12.1 Å². The van der Waals surface area contributed by atoms with Gasteiger partial charge in [-0.2, -0.15) is 0 Å². The van der Waals surface area contributed by atoms with E-state index >= 15 is 0 Å². The smallest absolute Gasteiger partial charge is 0.141 e. The Morgan fingerprint density at radius 1 is 1.30 bits per heavy atom. The van der Waals surface area contributed by atoms with Gasteiger partial charge in [0.25, 0.3) is 0 Å². The summed E-state index contributed by atoms with van der Waals surface area (Å²) in [5, 5.41) is 3.49. The molecule has 0 saturated heterocycles. The van der Waals surface area contributed by atoms with Crippen LogP contribution >= 0.6 is 11.6 Å². The molecule has 2 rings (SSSR count). The summed E-state index contributed by atoms with van der Waals surface area (Å²) < 4.78 is 27.4.